The number of hydrogen-bond donors (Lipinski definition) is 2. The lowest BCUT2D eigenvalue weighted by Gasteiger charge is -2.19. The number of aryl methyl sites for hydroxylation is 1. The van der Waals surface area contributed by atoms with Gasteiger partial charge in [0.2, 0.25) is 0 Å². The van der Waals surface area contributed by atoms with Crippen molar-refractivity contribution >= 4 is 7.82 Å². The Morgan fingerprint density at radius 1 is 1.25 bits per heavy atom. The first-order valence-corrected chi connectivity index (χ1v) is 8.76. The van der Waals surface area contributed by atoms with Crippen molar-refractivity contribution in [1.29, 1.82) is 0 Å². The van der Waals surface area contributed by atoms with Crippen LogP contribution in [0.3, 0.4) is 0 Å². The van der Waals surface area contributed by atoms with Gasteiger partial charge >= 0.3 is 7.82 Å². The molecule has 0 saturated carbocycles. The Labute approximate surface area is 121 Å². The molecule has 1 aromatic carbocycles. The molecule has 0 spiro atoms. The number of unbranched alkanes of at least 4 members (excludes halogenated alkanes) is 2. The lowest BCUT2D eigenvalue weighted by Crippen LogP contribution is -2.01. The minimum absolute atomic E-state index is 0.243. The van der Waals surface area contributed by atoms with Crippen LogP contribution in [0.15, 0.2) is 18.2 Å². The number of phosphoric acid groups is 1. The van der Waals surface area contributed by atoms with Gasteiger partial charge in [-0.05, 0) is 48.9 Å². The average Bonchev–Trinajstić information content (AvgIpc) is 2.36. The molecule has 5 heteroatoms. The normalized spacial score (nSPS) is 13.2. The van der Waals surface area contributed by atoms with Crippen LogP contribution < -0.4 is 4.52 Å². The Kier molecular flexibility index (Phi) is 6.74. The maximum absolute atomic E-state index is 10.9. The van der Waals surface area contributed by atoms with Crippen LogP contribution in [0.4, 0.5) is 0 Å². The van der Waals surface area contributed by atoms with E-state index in [1.807, 2.05) is 13.0 Å². The summed E-state index contributed by atoms with van der Waals surface area (Å²) in [5.74, 6) is 0.662. The quantitative estimate of drug-likeness (QED) is 0.546. The Balaban J connectivity index is 2.90. The van der Waals surface area contributed by atoms with Crippen molar-refractivity contribution in [2.45, 2.75) is 58.8 Å². The summed E-state index contributed by atoms with van der Waals surface area (Å²) in [4.78, 5) is 17.8. The summed E-state index contributed by atoms with van der Waals surface area (Å²) in [6.07, 6.45) is 5.71. The van der Waals surface area contributed by atoms with E-state index < -0.39 is 7.82 Å². The molecule has 0 bridgehead atoms. The fourth-order valence-electron chi connectivity index (χ4n) is 2.47. The summed E-state index contributed by atoms with van der Waals surface area (Å²) in [6, 6.07) is 5.24. The van der Waals surface area contributed by atoms with Crippen LogP contribution in [0.25, 0.3) is 0 Å². The van der Waals surface area contributed by atoms with Crippen LogP contribution in [0.1, 0.15) is 63.0 Å². The van der Waals surface area contributed by atoms with E-state index in [2.05, 4.69) is 18.4 Å². The molecule has 0 fully saturated rings. The van der Waals surface area contributed by atoms with Crippen LogP contribution in [-0.2, 0) is 4.57 Å². The molecule has 20 heavy (non-hydrogen) atoms. The molecule has 0 heterocycles. The molecule has 0 aliphatic carbocycles. The van der Waals surface area contributed by atoms with Gasteiger partial charge in [-0.3, -0.25) is 9.79 Å². The second kappa shape index (κ2) is 7.82. The van der Waals surface area contributed by atoms with Crippen molar-refractivity contribution in [1.82, 2.24) is 0 Å². The fraction of sp³-hybridized carbons (Fsp3) is 0.600. The number of benzene rings is 1. The number of rotatable bonds is 8. The summed E-state index contributed by atoms with van der Waals surface area (Å²) >= 11 is 0. The maximum Gasteiger partial charge on any atom is 0.524 e. The highest BCUT2D eigenvalue weighted by Crippen LogP contribution is 2.39. The Morgan fingerprint density at radius 2 is 1.95 bits per heavy atom. The van der Waals surface area contributed by atoms with Gasteiger partial charge in [0.1, 0.15) is 5.75 Å². The van der Waals surface area contributed by atoms with Gasteiger partial charge in [-0.1, -0.05) is 39.2 Å². The molecule has 0 radical (unpaired) electrons. The summed E-state index contributed by atoms with van der Waals surface area (Å²) < 4.78 is 15.6. The summed E-state index contributed by atoms with van der Waals surface area (Å²) in [6.45, 7) is 6.35. The molecule has 114 valence electrons. The number of phosphoric ester groups is 1. The highest BCUT2D eigenvalue weighted by Gasteiger charge is 2.18. The second-order valence-electron chi connectivity index (χ2n) is 5.20. The van der Waals surface area contributed by atoms with E-state index in [9.17, 15) is 4.57 Å². The van der Waals surface area contributed by atoms with Crippen molar-refractivity contribution < 1.29 is 18.9 Å². The maximum atomic E-state index is 10.9. The van der Waals surface area contributed by atoms with Crippen LogP contribution >= 0.6 is 7.82 Å². The van der Waals surface area contributed by atoms with E-state index in [4.69, 9.17) is 9.79 Å². The van der Waals surface area contributed by atoms with Crippen molar-refractivity contribution in [3.05, 3.63) is 29.3 Å². The van der Waals surface area contributed by atoms with Gasteiger partial charge < -0.3 is 4.52 Å². The minimum Gasteiger partial charge on any atom is -0.404 e. The third-order valence-corrected chi connectivity index (χ3v) is 4.01. The molecule has 0 aromatic heterocycles. The first-order valence-electron chi connectivity index (χ1n) is 7.23. The molecule has 0 saturated heterocycles. The standard InChI is InChI=1S/C15H25O4P/c1-4-6-7-8-13(5-2)15-11-14(10-9-12(15)3)19-20(16,17)18/h9-11,13H,4-8H2,1-3H3,(H2,16,17,18). The summed E-state index contributed by atoms with van der Waals surface area (Å²) in [5.41, 5.74) is 2.28. The van der Waals surface area contributed by atoms with E-state index >= 15 is 0 Å². The van der Waals surface area contributed by atoms with Gasteiger partial charge in [-0.2, -0.15) is 0 Å². The van der Waals surface area contributed by atoms with Gasteiger partial charge in [0, 0.05) is 0 Å². The highest BCUT2D eigenvalue weighted by molar-refractivity contribution is 7.46. The molecule has 0 amide bonds. The Morgan fingerprint density at radius 3 is 2.50 bits per heavy atom. The largest absolute Gasteiger partial charge is 0.524 e. The lowest BCUT2D eigenvalue weighted by molar-refractivity contribution is 0.283. The van der Waals surface area contributed by atoms with Crippen LogP contribution in [0.2, 0.25) is 0 Å². The topological polar surface area (TPSA) is 66.8 Å². The van der Waals surface area contributed by atoms with Gasteiger partial charge in [-0.25, -0.2) is 4.57 Å². The van der Waals surface area contributed by atoms with Crippen LogP contribution in [-0.4, -0.2) is 9.79 Å². The predicted molar refractivity (Wildman–Crippen MR) is 81.0 cm³/mol. The fourth-order valence-corrected chi connectivity index (χ4v) is 2.86. The van der Waals surface area contributed by atoms with Crippen LogP contribution in [0.5, 0.6) is 5.75 Å². The first kappa shape index (κ1) is 17.2. The van der Waals surface area contributed by atoms with Crippen molar-refractivity contribution in [3.63, 3.8) is 0 Å². The van der Waals surface area contributed by atoms with E-state index in [1.165, 1.54) is 19.3 Å². The van der Waals surface area contributed by atoms with Gasteiger partial charge in [-0.15, -0.1) is 0 Å². The van der Waals surface area contributed by atoms with Gasteiger partial charge in [0.05, 0.1) is 0 Å². The predicted octanol–water partition coefficient (Wildman–Crippen LogP) is 4.54. The molecule has 2 N–H and O–H groups in total. The molecule has 0 aliphatic heterocycles. The van der Waals surface area contributed by atoms with E-state index in [0.29, 0.717) is 5.92 Å². The van der Waals surface area contributed by atoms with E-state index in [0.717, 1.165) is 24.0 Å². The Hall–Kier alpha value is -0.830. The molecular formula is C15H25O4P. The van der Waals surface area contributed by atoms with Crippen molar-refractivity contribution in [2.75, 3.05) is 0 Å². The van der Waals surface area contributed by atoms with E-state index in [-0.39, 0.29) is 5.75 Å². The molecule has 1 aromatic rings. The van der Waals surface area contributed by atoms with Crippen molar-refractivity contribution in [2.24, 2.45) is 0 Å². The van der Waals surface area contributed by atoms with E-state index in [1.54, 1.807) is 12.1 Å². The summed E-state index contributed by atoms with van der Waals surface area (Å²) in [5, 5.41) is 0. The second-order valence-corrected chi connectivity index (χ2v) is 6.36. The zero-order valence-corrected chi connectivity index (χ0v) is 13.4. The zero-order valence-electron chi connectivity index (χ0n) is 12.5. The third-order valence-electron chi connectivity index (χ3n) is 3.56. The monoisotopic (exact) mass is 300 g/mol. The SMILES string of the molecule is CCCCCC(CC)c1cc(OP(=O)(O)O)ccc1C. The summed E-state index contributed by atoms with van der Waals surface area (Å²) in [7, 11) is -4.49. The average molecular weight is 300 g/mol. The van der Waals surface area contributed by atoms with Gasteiger partial charge in [0.25, 0.3) is 0 Å². The van der Waals surface area contributed by atoms with Gasteiger partial charge in [0.15, 0.2) is 0 Å². The lowest BCUT2D eigenvalue weighted by atomic mass is 9.88. The number of hydrogen-bond acceptors (Lipinski definition) is 2. The molecular weight excluding hydrogens is 275 g/mol. The van der Waals surface area contributed by atoms with Crippen molar-refractivity contribution in [3.8, 4) is 5.75 Å². The Bertz CT molecular complexity index is 467. The first-order chi connectivity index (χ1) is 9.37. The zero-order chi connectivity index (χ0) is 15.2. The molecule has 1 atom stereocenters. The molecule has 1 rings (SSSR count). The minimum atomic E-state index is -4.49. The van der Waals surface area contributed by atoms with Crippen LogP contribution in [0, 0.1) is 6.92 Å². The molecule has 0 aliphatic rings. The smallest absolute Gasteiger partial charge is 0.404 e. The molecule has 4 nitrogen and oxygen atoms in total. The third kappa shape index (κ3) is 5.66. The highest BCUT2D eigenvalue weighted by atomic mass is 31.2. The molecule has 1 unspecified atom stereocenters.